The lowest BCUT2D eigenvalue weighted by Gasteiger charge is -2.50. The van der Waals surface area contributed by atoms with Gasteiger partial charge in [-0.1, -0.05) is 60.7 Å². The van der Waals surface area contributed by atoms with E-state index < -0.39 is 58.0 Å². The van der Waals surface area contributed by atoms with Crippen molar-refractivity contribution < 1.29 is 34.8 Å². The molecule has 3 aliphatic rings. The average Bonchev–Trinajstić information content (AvgIpc) is 2.95. The predicted molar refractivity (Wildman–Crippen MR) is 155 cm³/mol. The smallest absolute Gasteiger partial charge is 0.255 e. The van der Waals surface area contributed by atoms with Gasteiger partial charge in [0.1, 0.15) is 22.8 Å². The molecule has 4 atom stereocenters. The van der Waals surface area contributed by atoms with E-state index in [-0.39, 0.29) is 29.7 Å². The summed E-state index contributed by atoms with van der Waals surface area (Å²) in [5.41, 5.74) is 4.93. The Morgan fingerprint density at radius 2 is 1.50 bits per heavy atom. The number of phenols is 1. The first-order valence-corrected chi connectivity index (χ1v) is 13.6. The molecule has 3 aromatic rings. The summed E-state index contributed by atoms with van der Waals surface area (Å²) in [6.45, 7) is 0. The third-order valence-electron chi connectivity index (χ3n) is 8.89. The van der Waals surface area contributed by atoms with Gasteiger partial charge < -0.3 is 26.2 Å². The number of nitrogens with zero attached hydrogens (tertiary/aromatic N) is 1. The number of hydrogen-bond acceptors (Lipinski definition) is 8. The van der Waals surface area contributed by atoms with Crippen molar-refractivity contribution in [2.45, 2.75) is 24.5 Å². The van der Waals surface area contributed by atoms with Gasteiger partial charge in [-0.05, 0) is 61.2 Å². The molecule has 1 amide bonds. The van der Waals surface area contributed by atoms with Gasteiger partial charge in [-0.3, -0.25) is 19.3 Å². The van der Waals surface area contributed by atoms with Crippen LogP contribution in [0.3, 0.4) is 0 Å². The van der Waals surface area contributed by atoms with Crippen molar-refractivity contribution >= 4 is 17.5 Å². The van der Waals surface area contributed by atoms with Crippen molar-refractivity contribution in [1.82, 2.24) is 4.90 Å². The Morgan fingerprint density at radius 1 is 0.929 bits per heavy atom. The summed E-state index contributed by atoms with van der Waals surface area (Å²) in [5.74, 6) is -6.72. The molecule has 6 rings (SSSR count). The second-order valence-electron chi connectivity index (χ2n) is 11.4. The van der Waals surface area contributed by atoms with Gasteiger partial charge in [0.15, 0.2) is 11.4 Å². The monoisotopic (exact) mass is 566 g/mol. The SMILES string of the molecule is CN(C)[C@@H]1C(O)=C(C(N)=O)C(=O)[C@@]2(O)C(O)=C3C(=O)c4c(O)c(-c5ccccc5)cc(-c5ccccc5)c4CC3CC12. The van der Waals surface area contributed by atoms with Gasteiger partial charge in [-0.25, -0.2) is 0 Å². The van der Waals surface area contributed by atoms with Crippen molar-refractivity contribution in [1.29, 1.82) is 0 Å². The Bertz CT molecular complexity index is 1730. The summed E-state index contributed by atoms with van der Waals surface area (Å²) in [5, 5.41) is 46.0. The third-order valence-corrected chi connectivity index (χ3v) is 8.89. The fourth-order valence-corrected chi connectivity index (χ4v) is 7.03. The van der Waals surface area contributed by atoms with E-state index in [9.17, 15) is 34.8 Å². The number of aliphatic hydroxyl groups excluding tert-OH is 2. The van der Waals surface area contributed by atoms with Crippen LogP contribution in [0.2, 0.25) is 0 Å². The number of likely N-dealkylation sites (N-methyl/N-ethyl adjacent to an activating group) is 1. The van der Waals surface area contributed by atoms with E-state index in [0.29, 0.717) is 16.7 Å². The number of nitrogens with two attached hydrogens (primary N) is 1. The fraction of sp³-hybridized carbons (Fsp3) is 0.242. The van der Waals surface area contributed by atoms with E-state index in [1.807, 2.05) is 66.7 Å². The first-order chi connectivity index (χ1) is 20.0. The number of fused-ring (bicyclic) bond motifs is 3. The highest BCUT2D eigenvalue weighted by Crippen LogP contribution is 2.54. The summed E-state index contributed by atoms with van der Waals surface area (Å²) in [4.78, 5) is 41.6. The number of amides is 1. The second kappa shape index (κ2) is 9.68. The Kier molecular flexibility index (Phi) is 6.32. The summed E-state index contributed by atoms with van der Waals surface area (Å²) in [7, 11) is 3.20. The maximum atomic E-state index is 14.3. The number of rotatable bonds is 4. The molecule has 42 heavy (non-hydrogen) atoms. The minimum absolute atomic E-state index is 0.0176. The van der Waals surface area contributed by atoms with Crippen LogP contribution in [-0.2, 0) is 16.0 Å². The molecule has 3 aromatic carbocycles. The van der Waals surface area contributed by atoms with E-state index in [2.05, 4.69) is 0 Å². The minimum Gasteiger partial charge on any atom is -0.510 e. The number of carbonyl (C=O) groups is 3. The number of allylic oxidation sites excluding steroid dienone is 1. The predicted octanol–water partition coefficient (Wildman–Crippen LogP) is 3.45. The average molecular weight is 567 g/mol. The zero-order valence-corrected chi connectivity index (χ0v) is 23.0. The van der Waals surface area contributed by atoms with E-state index >= 15 is 0 Å². The highest BCUT2D eigenvalue weighted by molar-refractivity contribution is 6.25. The lowest BCUT2D eigenvalue weighted by molar-refractivity contribution is -0.148. The molecule has 0 bridgehead atoms. The summed E-state index contributed by atoms with van der Waals surface area (Å²) < 4.78 is 0. The summed E-state index contributed by atoms with van der Waals surface area (Å²) in [6.07, 6.45) is 0.239. The molecule has 3 aliphatic carbocycles. The lowest BCUT2D eigenvalue weighted by Crippen LogP contribution is -2.63. The molecular weight excluding hydrogens is 536 g/mol. The summed E-state index contributed by atoms with van der Waals surface area (Å²) in [6, 6.07) is 19.3. The van der Waals surface area contributed by atoms with Crippen LogP contribution in [0.4, 0.5) is 0 Å². The number of ketones is 2. The zero-order valence-electron chi connectivity index (χ0n) is 23.0. The number of Topliss-reactive ketones (excluding diaryl/α,β-unsaturated/α-hetero) is 2. The normalized spacial score (nSPS) is 25.3. The molecular formula is C33H30N2O7. The van der Waals surface area contributed by atoms with E-state index in [1.54, 1.807) is 14.1 Å². The van der Waals surface area contributed by atoms with Crippen molar-refractivity contribution in [3.05, 3.63) is 101 Å². The van der Waals surface area contributed by atoms with Crippen molar-refractivity contribution in [3.8, 4) is 28.0 Å². The lowest BCUT2D eigenvalue weighted by atomic mass is 9.58. The fourth-order valence-electron chi connectivity index (χ4n) is 7.03. The van der Waals surface area contributed by atoms with E-state index in [1.165, 1.54) is 4.90 Å². The van der Waals surface area contributed by atoms with Crippen LogP contribution < -0.4 is 5.73 Å². The number of benzene rings is 3. The highest BCUT2D eigenvalue weighted by atomic mass is 16.3. The molecule has 0 saturated carbocycles. The highest BCUT2D eigenvalue weighted by Gasteiger charge is 2.63. The van der Waals surface area contributed by atoms with Gasteiger partial charge in [-0.15, -0.1) is 0 Å². The van der Waals surface area contributed by atoms with Gasteiger partial charge in [0.25, 0.3) is 5.91 Å². The zero-order chi connectivity index (χ0) is 30.1. The Balaban J connectivity index is 1.61. The first kappa shape index (κ1) is 27.4. The molecule has 9 heteroatoms. The van der Waals surface area contributed by atoms with Crippen molar-refractivity contribution in [2.24, 2.45) is 17.6 Å². The molecule has 214 valence electrons. The molecule has 2 unspecified atom stereocenters. The third kappa shape index (κ3) is 3.74. The van der Waals surface area contributed by atoms with Gasteiger partial charge >= 0.3 is 0 Å². The van der Waals surface area contributed by atoms with Gasteiger partial charge in [0, 0.05) is 17.1 Å². The van der Waals surface area contributed by atoms with Crippen LogP contribution in [0.5, 0.6) is 5.75 Å². The maximum absolute atomic E-state index is 14.3. The molecule has 0 saturated heterocycles. The summed E-state index contributed by atoms with van der Waals surface area (Å²) >= 11 is 0. The maximum Gasteiger partial charge on any atom is 0.255 e. The van der Waals surface area contributed by atoms with E-state index in [0.717, 1.165) is 11.1 Å². The topological polar surface area (TPSA) is 161 Å². The molecule has 0 spiro atoms. The van der Waals surface area contributed by atoms with Crippen LogP contribution in [0.15, 0.2) is 89.4 Å². The minimum atomic E-state index is -2.68. The van der Waals surface area contributed by atoms with Crippen LogP contribution in [0.25, 0.3) is 22.3 Å². The second-order valence-corrected chi connectivity index (χ2v) is 11.4. The quantitative estimate of drug-likeness (QED) is 0.300. The number of hydrogen-bond donors (Lipinski definition) is 5. The van der Waals surface area contributed by atoms with Crippen LogP contribution >= 0.6 is 0 Å². The van der Waals surface area contributed by atoms with Crippen molar-refractivity contribution in [2.75, 3.05) is 14.1 Å². The number of phenolic OH excluding ortho intramolecular Hbond substituents is 1. The molecule has 0 aliphatic heterocycles. The van der Waals surface area contributed by atoms with Crippen molar-refractivity contribution in [3.63, 3.8) is 0 Å². The first-order valence-electron chi connectivity index (χ1n) is 13.6. The van der Waals surface area contributed by atoms with Gasteiger partial charge in [-0.2, -0.15) is 0 Å². The number of aliphatic hydroxyl groups is 3. The Morgan fingerprint density at radius 3 is 2.05 bits per heavy atom. The molecule has 0 aromatic heterocycles. The molecule has 0 fully saturated rings. The largest absolute Gasteiger partial charge is 0.510 e. The Hall–Kier alpha value is -4.73. The van der Waals surface area contributed by atoms with Crippen LogP contribution in [0.1, 0.15) is 22.3 Å². The molecule has 0 heterocycles. The number of carbonyl (C=O) groups excluding carboxylic acids is 3. The van der Waals surface area contributed by atoms with Gasteiger partial charge in [0.05, 0.1) is 11.6 Å². The van der Waals surface area contributed by atoms with Crippen LogP contribution in [0, 0.1) is 11.8 Å². The number of aromatic hydroxyl groups is 1. The molecule has 6 N–H and O–H groups in total. The Labute approximate surface area is 241 Å². The molecule has 9 nitrogen and oxygen atoms in total. The standard InChI is InChI=1S/C33H30N2O7/c1-35(2)26-22-14-18-13-21-19(16-9-5-3-6-10-16)15-20(17-11-7-4-8-12-17)27(36)24(21)28(37)23(18)30(39)33(22,42)31(40)25(29(26)38)32(34)41/h3-12,15,18,22,26,36,38-39,42H,13-14H2,1-2H3,(H2,34,41)/t18?,22?,26-,33-/m0/s1. The number of primary amides is 1. The molecule has 0 radical (unpaired) electrons. The van der Waals surface area contributed by atoms with Gasteiger partial charge in [0.2, 0.25) is 5.78 Å². The van der Waals surface area contributed by atoms with E-state index in [4.69, 9.17) is 5.73 Å². The van der Waals surface area contributed by atoms with Crippen LogP contribution in [-0.4, -0.2) is 68.5 Å².